The highest BCUT2D eigenvalue weighted by molar-refractivity contribution is 6.28. The van der Waals surface area contributed by atoms with E-state index in [1.54, 1.807) is 0 Å². The van der Waals surface area contributed by atoms with Crippen molar-refractivity contribution < 1.29 is 8.83 Å². The molecule has 0 aliphatic rings. The van der Waals surface area contributed by atoms with Crippen LogP contribution in [-0.2, 0) is 0 Å². The van der Waals surface area contributed by atoms with Gasteiger partial charge in [-0.05, 0) is 144 Å². The molecule has 5 nitrogen and oxygen atoms in total. The summed E-state index contributed by atoms with van der Waals surface area (Å²) in [6, 6.07) is 64.0. The summed E-state index contributed by atoms with van der Waals surface area (Å²) in [5, 5.41) is 18.4. The van der Waals surface area contributed by atoms with Gasteiger partial charge < -0.3 is 18.6 Å². The molecule has 0 fully saturated rings. The zero-order chi connectivity index (χ0) is 38.9. The third kappa shape index (κ3) is 5.46. The molecule has 9 aromatic carbocycles. The Morgan fingerprint density at radius 2 is 0.879 bits per heavy atom. The Hall–Kier alpha value is -7.81. The van der Waals surface area contributed by atoms with Gasteiger partial charge in [0.25, 0.3) is 0 Å². The Kier molecular flexibility index (Phi) is 7.60. The van der Waals surface area contributed by atoms with E-state index in [0.29, 0.717) is 16.7 Å². The van der Waals surface area contributed by atoms with Crippen LogP contribution in [0.2, 0.25) is 0 Å². The van der Waals surface area contributed by atoms with Crippen molar-refractivity contribution in [3.05, 3.63) is 193 Å². The van der Waals surface area contributed by atoms with E-state index in [-0.39, 0.29) is 0 Å². The Balaban J connectivity index is 1.08. The summed E-state index contributed by atoms with van der Waals surface area (Å²) in [6.45, 7) is 4.24. The largest absolute Gasteiger partial charge is 0.456 e. The maximum atomic E-state index is 10.4. The van der Waals surface area contributed by atoms with Crippen molar-refractivity contribution in [1.82, 2.24) is 0 Å². The summed E-state index contributed by atoms with van der Waals surface area (Å²) in [7, 11) is 0. The zero-order valence-electron chi connectivity index (χ0n) is 31.9. The van der Waals surface area contributed by atoms with Gasteiger partial charge in [-0.3, -0.25) is 0 Å². The molecule has 58 heavy (non-hydrogen) atoms. The predicted molar refractivity (Wildman–Crippen MR) is 240 cm³/mol. The number of furan rings is 2. The topological polar surface area (TPSA) is 56.6 Å². The van der Waals surface area contributed by atoms with Crippen molar-refractivity contribution in [2.75, 3.05) is 9.80 Å². The maximum absolute atomic E-state index is 10.4. The number of hydrogen-bond donors (Lipinski definition) is 0. The highest BCUT2D eigenvalue weighted by atomic mass is 16.3. The Labute approximate surface area is 334 Å². The molecule has 11 rings (SSSR count). The lowest BCUT2D eigenvalue weighted by atomic mass is 9.99. The van der Waals surface area contributed by atoms with Crippen LogP contribution in [0.1, 0.15) is 16.7 Å². The van der Waals surface area contributed by atoms with Crippen molar-refractivity contribution in [2.45, 2.75) is 13.8 Å². The average Bonchev–Trinajstić information content (AvgIpc) is 3.79. The quantitative estimate of drug-likeness (QED) is 0.170. The van der Waals surface area contributed by atoms with Crippen LogP contribution < -0.4 is 9.80 Å². The monoisotopic (exact) mass is 745 g/mol. The molecular formula is C53H35N3O2. The van der Waals surface area contributed by atoms with E-state index in [1.165, 1.54) is 11.1 Å². The third-order valence-corrected chi connectivity index (χ3v) is 11.2. The molecule has 2 aromatic heterocycles. The molecule has 11 aromatic rings. The van der Waals surface area contributed by atoms with Crippen molar-refractivity contribution in [1.29, 1.82) is 5.26 Å². The van der Waals surface area contributed by atoms with Gasteiger partial charge in [0, 0.05) is 61.7 Å². The lowest BCUT2D eigenvalue weighted by molar-refractivity contribution is 0.662. The summed E-state index contributed by atoms with van der Waals surface area (Å²) < 4.78 is 13.3. The van der Waals surface area contributed by atoms with Gasteiger partial charge in [-0.2, -0.15) is 5.26 Å². The van der Waals surface area contributed by atoms with Crippen molar-refractivity contribution in [2.24, 2.45) is 0 Å². The van der Waals surface area contributed by atoms with E-state index in [2.05, 4.69) is 187 Å². The Morgan fingerprint density at radius 1 is 0.397 bits per heavy atom. The molecule has 0 saturated heterocycles. The molecule has 0 saturated carbocycles. The van der Waals surface area contributed by atoms with Gasteiger partial charge in [0.1, 0.15) is 22.8 Å². The number of aryl methyl sites for hydroxylation is 2. The molecule has 0 aliphatic carbocycles. The Bertz CT molecular complexity index is 3450. The molecule has 2 heterocycles. The van der Waals surface area contributed by atoms with Crippen LogP contribution >= 0.6 is 0 Å². The molecule has 5 heteroatoms. The van der Waals surface area contributed by atoms with E-state index in [1.807, 2.05) is 18.2 Å². The zero-order valence-corrected chi connectivity index (χ0v) is 31.9. The number of rotatable bonds is 6. The lowest BCUT2D eigenvalue weighted by Crippen LogP contribution is -2.09. The lowest BCUT2D eigenvalue weighted by Gasteiger charge is -2.26. The van der Waals surface area contributed by atoms with Crippen LogP contribution in [0, 0.1) is 25.2 Å². The highest BCUT2D eigenvalue weighted by Crippen LogP contribution is 2.45. The van der Waals surface area contributed by atoms with Gasteiger partial charge in [0.2, 0.25) is 0 Å². The van der Waals surface area contributed by atoms with Gasteiger partial charge in [0.05, 0.1) is 5.56 Å². The molecule has 0 unspecified atom stereocenters. The number of nitrogens with zero attached hydrogens (tertiary/aromatic N) is 3. The average molecular weight is 746 g/mol. The molecule has 0 N–H and O–H groups in total. The van der Waals surface area contributed by atoms with Crippen molar-refractivity contribution >= 4 is 99.5 Å². The van der Waals surface area contributed by atoms with Gasteiger partial charge in [-0.1, -0.05) is 72.8 Å². The van der Waals surface area contributed by atoms with Gasteiger partial charge in [-0.25, -0.2) is 0 Å². The molecule has 0 spiro atoms. The minimum Gasteiger partial charge on any atom is -0.456 e. The SMILES string of the molecule is Cc1cccc(N(c2ccccc2)c2ccc3cc4c(cc3c2)oc2cc(C#N)c3oc5cc6cc(N(c7ccccc7)c7cccc(C)c7)ccc6cc5c3c24)c1. The normalized spacial score (nSPS) is 11.6. The second-order valence-electron chi connectivity index (χ2n) is 15.1. The number of hydrogen-bond acceptors (Lipinski definition) is 5. The number of benzene rings is 9. The minimum atomic E-state index is 0.445. The Morgan fingerprint density at radius 3 is 1.40 bits per heavy atom. The molecule has 0 bridgehead atoms. The number of para-hydroxylation sites is 2. The van der Waals surface area contributed by atoms with Crippen LogP contribution in [-0.4, -0.2) is 0 Å². The van der Waals surface area contributed by atoms with E-state index >= 15 is 0 Å². The molecule has 274 valence electrons. The molecule has 0 atom stereocenters. The first-order chi connectivity index (χ1) is 28.5. The second kappa shape index (κ2) is 13.2. The van der Waals surface area contributed by atoms with E-state index in [0.717, 1.165) is 88.4 Å². The smallest absolute Gasteiger partial charge is 0.154 e. The highest BCUT2D eigenvalue weighted by Gasteiger charge is 2.22. The fraction of sp³-hybridized carbons (Fsp3) is 0.0377. The number of nitriles is 1. The first-order valence-electron chi connectivity index (χ1n) is 19.5. The second-order valence-corrected chi connectivity index (χ2v) is 15.1. The van der Waals surface area contributed by atoms with Gasteiger partial charge in [0.15, 0.2) is 5.58 Å². The first-order valence-corrected chi connectivity index (χ1v) is 19.5. The summed E-state index contributed by atoms with van der Waals surface area (Å²) in [6.07, 6.45) is 0. The fourth-order valence-electron chi connectivity index (χ4n) is 8.61. The van der Waals surface area contributed by atoms with Crippen LogP contribution in [0.4, 0.5) is 34.1 Å². The molecule has 0 aliphatic heterocycles. The summed E-state index contributed by atoms with van der Waals surface area (Å²) >= 11 is 0. The molecule has 0 radical (unpaired) electrons. The van der Waals surface area contributed by atoms with Crippen LogP contribution in [0.5, 0.6) is 0 Å². The number of anilines is 6. The van der Waals surface area contributed by atoms with Crippen molar-refractivity contribution in [3.8, 4) is 6.07 Å². The predicted octanol–water partition coefficient (Wildman–Crippen LogP) is 15.2. The van der Waals surface area contributed by atoms with Crippen LogP contribution in [0.3, 0.4) is 0 Å². The van der Waals surface area contributed by atoms with Crippen LogP contribution in [0.25, 0.3) is 65.4 Å². The summed E-state index contributed by atoms with van der Waals surface area (Å²) in [5.74, 6) is 0. The minimum absolute atomic E-state index is 0.445. The van der Waals surface area contributed by atoms with E-state index in [4.69, 9.17) is 8.83 Å². The van der Waals surface area contributed by atoms with E-state index < -0.39 is 0 Å². The van der Waals surface area contributed by atoms with Gasteiger partial charge >= 0.3 is 0 Å². The summed E-state index contributed by atoms with van der Waals surface area (Å²) in [4.78, 5) is 4.56. The fourth-order valence-corrected chi connectivity index (χ4v) is 8.61. The van der Waals surface area contributed by atoms with E-state index in [9.17, 15) is 5.26 Å². The standard InChI is InChI=1S/C53H35N3O2/c1-33-11-9-17-42(23-33)55(40-13-5-3-6-14-40)44-21-19-35-27-46-48(29-37(35)25-44)57-50-31-39(32-54)53-52(51(46)50)47-28-36-20-22-45(26-38(36)30-49(47)58-53)56(41-15-7-4-8-16-41)43-18-10-12-34(2)24-43/h3-31H,1-2H3. The number of fused-ring (bicyclic) bond motifs is 9. The molecular weight excluding hydrogens is 711 g/mol. The molecule has 0 amide bonds. The van der Waals surface area contributed by atoms with Crippen LogP contribution in [0.15, 0.2) is 185 Å². The van der Waals surface area contributed by atoms with Gasteiger partial charge in [-0.15, -0.1) is 0 Å². The first kappa shape index (κ1) is 33.5. The summed E-state index contributed by atoms with van der Waals surface area (Å²) in [5.41, 5.74) is 12.0. The third-order valence-electron chi connectivity index (χ3n) is 11.2. The maximum Gasteiger partial charge on any atom is 0.154 e. The van der Waals surface area contributed by atoms with Crippen molar-refractivity contribution in [3.63, 3.8) is 0 Å².